The Kier molecular flexibility index (Phi) is 10.1. The lowest BCUT2D eigenvalue weighted by atomic mass is 9.69. The number of nitro benzene ring substituents is 1. The van der Waals surface area contributed by atoms with Crippen molar-refractivity contribution in [3.63, 3.8) is 0 Å². The smallest absolute Gasteiger partial charge is 0.269 e. The number of rotatable bonds is 12. The Morgan fingerprint density at radius 2 is 1.51 bits per heavy atom. The molecular formula is C37H41N3O5. The number of nitro groups is 1. The van der Waals surface area contributed by atoms with Gasteiger partial charge in [0, 0.05) is 49.3 Å². The average Bonchev–Trinajstić information content (AvgIpc) is 3.08. The highest BCUT2D eigenvalue weighted by Gasteiger charge is 2.39. The van der Waals surface area contributed by atoms with E-state index < -0.39 is 4.92 Å². The average molecular weight is 608 g/mol. The SMILES string of the molecule is CCCN(Cc1ccc([N+](=O)[O-])cc1)C(=O)c1cccc(CN2CCCC(c3ccc(OC)cc3)(c3ccc(OC)cc3)C2)c1. The third kappa shape index (κ3) is 7.35. The van der Waals surface area contributed by atoms with Gasteiger partial charge in [0.1, 0.15) is 11.5 Å². The number of hydrogen-bond acceptors (Lipinski definition) is 6. The number of nitrogens with zero attached hydrogens (tertiary/aromatic N) is 3. The van der Waals surface area contributed by atoms with Gasteiger partial charge in [0.25, 0.3) is 11.6 Å². The first kappa shape index (κ1) is 31.7. The van der Waals surface area contributed by atoms with Crippen molar-refractivity contribution in [1.82, 2.24) is 9.80 Å². The minimum atomic E-state index is -0.412. The first-order valence-electron chi connectivity index (χ1n) is 15.5. The monoisotopic (exact) mass is 607 g/mol. The van der Waals surface area contributed by atoms with Gasteiger partial charge < -0.3 is 14.4 Å². The van der Waals surface area contributed by atoms with E-state index in [9.17, 15) is 14.9 Å². The summed E-state index contributed by atoms with van der Waals surface area (Å²) >= 11 is 0. The molecule has 1 heterocycles. The Labute approximate surface area is 265 Å². The highest BCUT2D eigenvalue weighted by Crippen LogP contribution is 2.42. The summed E-state index contributed by atoms with van der Waals surface area (Å²) in [4.78, 5) is 28.7. The normalized spacial score (nSPS) is 14.5. The Balaban J connectivity index is 1.36. The van der Waals surface area contributed by atoms with Crippen LogP contribution < -0.4 is 9.47 Å². The summed E-state index contributed by atoms with van der Waals surface area (Å²) in [5.74, 6) is 1.63. The first-order valence-corrected chi connectivity index (χ1v) is 15.5. The summed E-state index contributed by atoms with van der Waals surface area (Å²) in [6, 6.07) is 31.2. The van der Waals surface area contributed by atoms with Gasteiger partial charge in [-0.3, -0.25) is 19.8 Å². The van der Waals surface area contributed by atoms with Crippen molar-refractivity contribution in [3.05, 3.63) is 135 Å². The maximum Gasteiger partial charge on any atom is 0.269 e. The molecule has 8 heteroatoms. The Morgan fingerprint density at radius 1 is 0.889 bits per heavy atom. The Bertz CT molecular complexity index is 1540. The minimum Gasteiger partial charge on any atom is -0.497 e. The molecule has 0 bridgehead atoms. The van der Waals surface area contributed by atoms with E-state index >= 15 is 0 Å². The first-order chi connectivity index (χ1) is 21.8. The van der Waals surface area contributed by atoms with Crippen molar-refractivity contribution in [1.29, 1.82) is 0 Å². The number of carbonyl (C=O) groups excluding carboxylic acids is 1. The molecule has 1 amide bonds. The Hall–Kier alpha value is -4.69. The molecule has 1 aliphatic heterocycles. The lowest BCUT2D eigenvalue weighted by Gasteiger charge is -2.44. The van der Waals surface area contributed by atoms with Crippen molar-refractivity contribution in [2.24, 2.45) is 0 Å². The fraction of sp³-hybridized carbons (Fsp3) is 0.324. The number of amides is 1. The van der Waals surface area contributed by atoms with Crippen LogP contribution in [0.25, 0.3) is 0 Å². The van der Waals surface area contributed by atoms with Crippen LogP contribution in [0.3, 0.4) is 0 Å². The van der Waals surface area contributed by atoms with Crippen molar-refractivity contribution in [2.45, 2.75) is 44.7 Å². The maximum absolute atomic E-state index is 13.7. The molecule has 0 spiro atoms. The highest BCUT2D eigenvalue weighted by molar-refractivity contribution is 5.94. The highest BCUT2D eigenvalue weighted by atomic mass is 16.6. The summed E-state index contributed by atoms with van der Waals surface area (Å²) in [6.07, 6.45) is 2.87. The molecule has 8 nitrogen and oxygen atoms in total. The van der Waals surface area contributed by atoms with E-state index in [1.807, 2.05) is 54.3 Å². The lowest BCUT2D eigenvalue weighted by molar-refractivity contribution is -0.384. The molecular weight excluding hydrogens is 566 g/mol. The molecule has 0 aromatic heterocycles. The van der Waals surface area contributed by atoms with E-state index in [-0.39, 0.29) is 17.0 Å². The second-order valence-electron chi connectivity index (χ2n) is 11.7. The van der Waals surface area contributed by atoms with E-state index in [1.165, 1.54) is 23.3 Å². The van der Waals surface area contributed by atoms with Crippen LogP contribution in [0.15, 0.2) is 97.1 Å². The molecule has 1 fully saturated rings. The molecule has 0 atom stereocenters. The van der Waals surface area contributed by atoms with E-state index in [0.29, 0.717) is 18.7 Å². The van der Waals surface area contributed by atoms with Crippen molar-refractivity contribution in [3.8, 4) is 11.5 Å². The molecule has 1 saturated heterocycles. The lowest BCUT2D eigenvalue weighted by Crippen LogP contribution is -2.46. The van der Waals surface area contributed by atoms with Crippen LogP contribution in [0.2, 0.25) is 0 Å². The number of likely N-dealkylation sites (tertiary alicyclic amines) is 1. The van der Waals surface area contributed by atoms with Crippen LogP contribution in [0.5, 0.6) is 11.5 Å². The number of methoxy groups -OCH3 is 2. The topological polar surface area (TPSA) is 85.2 Å². The summed E-state index contributed by atoms with van der Waals surface area (Å²) in [5, 5.41) is 11.1. The van der Waals surface area contributed by atoms with E-state index in [2.05, 4.69) is 35.2 Å². The minimum absolute atomic E-state index is 0.0403. The molecule has 45 heavy (non-hydrogen) atoms. The van der Waals surface area contributed by atoms with Gasteiger partial charge in [0.2, 0.25) is 0 Å². The van der Waals surface area contributed by atoms with Gasteiger partial charge in [-0.15, -0.1) is 0 Å². The molecule has 0 unspecified atom stereocenters. The molecule has 1 aliphatic rings. The number of carbonyl (C=O) groups is 1. The second-order valence-corrected chi connectivity index (χ2v) is 11.7. The molecule has 0 saturated carbocycles. The molecule has 5 rings (SSSR count). The fourth-order valence-corrected chi connectivity index (χ4v) is 6.45. The van der Waals surface area contributed by atoms with Crippen LogP contribution in [-0.2, 0) is 18.5 Å². The number of non-ortho nitro benzene ring substituents is 1. The van der Waals surface area contributed by atoms with Crippen LogP contribution >= 0.6 is 0 Å². The largest absolute Gasteiger partial charge is 0.497 e. The zero-order valence-corrected chi connectivity index (χ0v) is 26.3. The predicted molar refractivity (Wildman–Crippen MR) is 176 cm³/mol. The molecule has 4 aromatic carbocycles. The standard InChI is InChI=1S/C37H41N3O5/c1-4-22-39(26-28-9-15-33(16-10-28)40(42)43)36(41)30-8-5-7-29(24-30)25-38-23-6-21-37(27-38,31-11-17-34(44-2)18-12-31)32-13-19-35(45-3)20-14-32/h5,7-20,24H,4,6,21-23,25-27H2,1-3H3. The van der Waals surface area contributed by atoms with Gasteiger partial charge in [-0.1, -0.05) is 55.5 Å². The van der Waals surface area contributed by atoms with E-state index in [0.717, 1.165) is 61.5 Å². The third-order valence-electron chi connectivity index (χ3n) is 8.74. The van der Waals surface area contributed by atoms with Gasteiger partial charge in [-0.25, -0.2) is 0 Å². The van der Waals surface area contributed by atoms with Crippen LogP contribution in [-0.4, -0.2) is 54.5 Å². The van der Waals surface area contributed by atoms with Crippen LogP contribution in [0.4, 0.5) is 5.69 Å². The molecule has 0 radical (unpaired) electrons. The molecule has 0 N–H and O–H groups in total. The van der Waals surface area contributed by atoms with Crippen LogP contribution in [0.1, 0.15) is 58.8 Å². The van der Waals surface area contributed by atoms with Crippen molar-refractivity contribution < 1.29 is 19.2 Å². The third-order valence-corrected chi connectivity index (χ3v) is 8.74. The van der Waals surface area contributed by atoms with Crippen LogP contribution in [0, 0.1) is 10.1 Å². The van der Waals surface area contributed by atoms with Gasteiger partial charge in [-0.2, -0.15) is 0 Å². The summed E-state index contributed by atoms with van der Waals surface area (Å²) in [5.41, 5.74) is 4.95. The van der Waals surface area contributed by atoms with Crippen molar-refractivity contribution in [2.75, 3.05) is 33.9 Å². The zero-order valence-electron chi connectivity index (χ0n) is 26.3. The van der Waals surface area contributed by atoms with Gasteiger partial charge >= 0.3 is 0 Å². The maximum atomic E-state index is 13.7. The van der Waals surface area contributed by atoms with Gasteiger partial charge in [-0.05, 0) is 84.5 Å². The Morgan fingerprint density at radius 3 is 2.07 bits per heavy atom. The summed E-state index contributed by atoms with van der Waals surface area (Å²) in [7, 11) is 3.37. The molecule has 0 aliphatic carbocycles. The van der Waals surface area contributed by atoms with Gasteiger partial charge in [0.15, 0.2) is 0 Å². The summed E-state index contributed by atoms with van der Waals surface area (Å²) in [6.45, 7) is 5.57. The quantitative estimate of drug-likeness (QED) is 0.125. The number of hydrogen-bond donors (Lipinski definition) is 0. The molecule has 234 valence electrons. The summed E-state index contributed by atoms with van der Waals surface area (Å²) < 4.78 is 10.9. The van der Waals surface area contributed by atoms with E-state index in [4.69, 9.17) is 9.47 Å². The van der Waals surface area contributed by atoms with E-state index in [1.54, 1.807) is 26.4 Å². The fourth-order valence-electron chi connectivity index (χ4n) is 6.45. The number of ether oxygens (including phenoxy) is 2. The number of benzene rings is 4. The second kappa shape index (κ2) is 14.4. The van der Waals surface area contributed by atoms with Crippen molar-refractivity contribution >= 4 is 11.6 Å². The predicted octanol–water partition coefficient (Wildman–Crippen LogP) is 7.25. The number of piperidine rings is 1. The zero-order chi connectivity index (χ0) is 31.8. The van der Waals surface area contributed by atoms with Gasteiger partial charge in [0.05, 0.1) is 19.1 Å². The molecule has 4 aromatic rings.